The fraction of sp³-hybridized carbons (Fsp3) is 0.810. The maximum atomic E-state index is 12.1. The molecule has 7 atom stereocenters. The van der Waals surface area contributed by atoms with Gasteiger partial charge in [-0.1, -0.05) is 19.4 Å². The van der Waals surface area contributed by atoms with Gasteiger partial charge in [-0.2, -0.15) is 0 Å². The van der Waals surface area contributed by atoms with Crippen molar-refractivity contribution in [1.82, 2.24) is 0 Å². The van der Waals surface area contributed by atoms with Crippen LogP contribution in [0.25, 0.3) is 0 Å². The predicted molar refractivity (Wildman–Crippen MR) is 92.3 cm³/mol. The van der Waals surface area contributed by atoms with Gasteiger partial charge in [-0.05, 0) is 86.5 Å². The maximum Gasteiger partial charge on any atom is 0.161 e. The number of carbonyl (C=O) groups excluding carboxylic acids is 2. The van der Waals surface area contributed by atoms with E-state index in [1.54, 1.807) is 6.92 Å². The first-order chi connectivity index (χ1) is 11.3. The van der Waals surface area contributed by atoms with Crippen LogP contribution in [0.4, 0.5) is 0 Å². The Balaban J connectivity index is 1.69. The number of allylic oxidation sites excluding steroid dienone is 1. The van der Waals surface area contributed by atoms with Gasteiger partial charge in [-0.15, -0.1) is 0 Å². The summed E-state index contributed by atoms with van der Waals surface area (Å²) in [5, 5.41) is 10.9. The zero-order valence-corrected chi connectivity index (χ0v) is 15.2. The van der Waals surface area contributed by atoms with E-state index in [4.69, 9.17) is 0 Å². The van der Waals surface area contributed by atoms with E-state index in [2.05, 4.69) is 13.8 Å². The largest absolute Gasteiger partial charge is 0.382 e. The van der Waals surface area contributed by atoms with Crippen LogP contribution in [0.1, 0.15) is 65.7 Å². The van der Waals surface area contributed by atoms with Gasteiger partial charge < -0.3 is 5.11 Å². The van der Waals surface area contributed by atoms with Crippen LogP contribution in [0.15, 0.2) is 11.6 Å². The van der Waals surface area contributed by atoms with E-state index in [0.29, 0.717) is 42.3 Å². The average molecular weight is 330 g/mol. The van der Waals surface area contributed by atoms with Gasteiger partial charge in [0.2, 0.25) is 0 Å². The van der Waals surface area contributed by atoms with Gasteiger partial charge in [0.05, 0.1) is 0 Å². The normalized spacial score (nSPS) is 50.6. The van der Waals surface area contributed by atoms with Gasteiger partial charge in [0.15, 0.2) is 11.6 Å². The lowest BCUT2D eigenvalue weighted by atomic mass is 9.47. The molecule has 0 spiro atoms. The molecule has 24 heavy (non-hydrogen) atoms. The first-order valence-corrected chi connectivity index (χ1v) is 9.75. The number of fused-ring (bicyclic) bond motifs is 5. The van der Waals surface area contributed by atoms with Crippen LogP contribution in [-0.2, 0) is 9.59 Å². The van der Waals surface area contributed by atoms with Crippen LogP contribution in [0.5, 0.6) is 0 Å². The fourth-order valence-corrected chi connectivity index (χ4v) is 7.11. The zero-order valence-electron chi connectivity index (χ0n) is 15.2. The fourth-order valence-electron chi connectivity index (χ4n) is 7.11. The zero-order chi connectivity index (χ0) is 17.3. The summed E-state index contributed by atoms with van der Waals surface area (Å²) in [7, 11) is 0. The Hall–Kier alpha value is -0.960. The Labute approximate surface area is 144 Å². The van der Waals surface area contributed by atoms with E-state index >= 15 is 0 Å². The van der Waals surface area contributed by atoms with E-state index in [1.165, 1.54) is 5.57 Å². The summed E-state index contributed by atoms with van der Waals surface area (Å²) in [6.07, 6.45) is 8.43. The molecule has 0 aliphatic heterocycles. The summed E-state index contributed by atoms with van der Waals surface area (Å²) >= 11 is 0. The van der Waals surface area contributed by atoms with Crippen molar-refractivity contribution in [2.75, 3.05) is 0 Å². The highest BCUT2D eigenvalue weighted by molar-refractivity contribution is 5.91. The standard InChI is InChI=1S/C21H30O3/c1-12-10-16-15-7-9-21(24,13(2)22)18(15)5-4-17(16)20(3)8-6-14(23)11-19(12)20/h11-12,15-18,24H,4-10H2,1-3H3/t12-,15-,16-,17-,18-,20+,21-/m0/s1. The maximum absolute atomic E-state index is 12.1. The van der Waals surface area contributed by atoms with Gasteiger partial charge in [0.1, 0.15) is 5.60 Å². The van der Waals surface area contributed by atoms with Crippen molar-refractivity contribution in [2.45, 2.75) is 71.3 Å². The molecule has 0 unspecified atom stereocenters. The lowest BCUT2D eigenvalue weighted by Gasteiger charge is -2.57. The van der Waals surface area contributed by atoms with Crippen LogP contribution < -0.4 is 0 Å². The number of hydrogen-bond acceptors (Lipinski definition) is 3. The van der Waals surface area contributed by atoms with Crippen molar-refractivity contribution < 1.29 is 14.7 Å². The molecule has 4 aliphatic rings. The van der Waals surface area contributed by atoms with Crippen LogP contribution in [-0.4, -0.2) is 22.3 Å². The Morgan fingerprint density at radius 3 is 2.58 bits per heavy atom. The number of aliphatic hydroxyl groups is 1. The van der Waals surface area contributed by atoms with E-state index in [0.717, 1.165) is 32.1 Å². The van der Waals surface area contributed by atoms with Crippen molar-refractivity contribution >= 4 is 11.6 Å². The number of carbonyl (C=O) groups is 2. The van der Waals surface area contributed by atoms with Gasteiger partial charge >= 0.3 is 0 Å². The summed E-state index contributed by atoms with van der Waals surface area (Å²) in [6.45, 7) is 6.21. The summed E-state index contributed by atoms with van der Waals surface area (Å²) in [5.74, 6) is 2.57. The molecular weight excluding hydrogens is 300 g/mol. The van der Waals surface area contributed by atoms with E-state index in [-0.39, 0.29) is 17.1 Å². The van der Waals surface area contributed by atoms with Crippen molar-refractivity contribution in [2.24, 2.45) is 35.0 Å². The Morgan fingerprint density at radius 1 is 1.17 bits per heavy atom. The smallest absolute Gasteiger partial charge is 0.161 e. The van der Waals surface area contributed by atoms with E-state index in [9.17, 15) is 14.7 Å². The van der Waals surface area contributed by atoms with Gasteiger partial charge in [-0.3, -0.25) is 9.59 Å². The molecule has 0 amide bonds. The first-order valence-electron chi connectivity index (χ1n) is 9.75. The molecule has 3 heteroatoms. The lowest BCUT2D eigenvalue weighted by molar-refractivity contribution is -0.144. The molecule has 0 aromatic rings. The summed E-state index contributed by atoms with van der Waals surface area (Å²) in [5.41, 5.74) is 0.467. The van der Waals surface area contributed by atoms with Crippen LogP contribution in [0, 0.1) is 35.0 Å². The van der Waals surface area contributed by atoms with E-state index in [1.807, 2.05) is 6.08 Å². The van der Waals surface area contributed by atoms with Gasteiger partial charge in [0, 0.05) is 6.42 Å². The molecule has 0 radical (unpaired) electrons. The number of rotatable bonds is 1. The summed E-state index contributed by atoms with van der Waals surface area (Å²) in [4.78, 5) is 24.0. The molecule has 0 heterocycles. The molecule has 3 saturated carbocycles. The minimum Gasteiger partial charge on any atom is -0.382 e. The Morgan fingerprint density at radius 2 is 1.88 bits per heavy atom. The molecular formula is C21H30O3. The monoisotopic (exact) mass is 330 g/mol. The Bertz CT molecular complexity index is 621. The molecule has 132 valence electrons. The second kappa shape index (κ2) is 5.27. The molecule has 0 aromatic carbocycles. The highest BCUT2D eigenvalue weighted by atomic mass is 16.3. The molecule has 1 N–H and O–H groups in total. The molecule has 0 saturated heterocycles. The first kappa shape index (κ1) is 16.5. The third-order valence-electron chi connectivity index (χ3n) is 8.30. The average Bonchev–Trinajstić information content (AvgIpc) is 2.88. The summed E-state index contributed by atoms with van der Waals surface area (Å²) in [6, 6.07) is 0. The quantitative estimate of drug-likeness (QED) is 0.797. The van der Waals surface area contributed by atoms with Gasteiger partial charge in [0.25, 0.3) is 0 Å². The predicted octanol–water partition coefficient (Wildman–Crippen LogP) is 3.69. The van der Waals surface area contributed by atoms with Crippen LogP contribution >= 0.6 is 0 Å². The second-order valence-electron chi connectivity index (χ2n) is 9.26. The minimum absolute atomic E-state index is 0.0348. The molecule has 3 fully saturated rings. The molecule has 0 aromatic heterocycles. The van der Waals surface area contributed by atoms with E-state index < -0.39 is 5.60 Å². The number of ketones is 2. The Kier molecular flexibility index (Phi) is 3.62. The van der Waals surface area contributed by atoms with Gasteiger partial charge in [-0.25, -0.2) is 0 Å². The van der Waals surface area contributed by atoms with Crippen molar-refractivity contribution in [3.8, 4) is 0 Å². The topological polar surface area (TPSA) is 54.4 Å². The molecule has 4 aliphatic carbocycles. The molecule has 0 bridgehead atoms. The van der Waals surface area contributed by atoms with Crippen LogP contribution in [0.2, 0.25) is 0 Å². The van der Waals surface area contributed by atoms with Crippen molar-refractivity contribution in [1.29, 1.82) is 0 Å². The van der Waals surface area contributed by atoms with Crippen molar-refractivity contribution in [3.05, 3.63) is 11.6 Å². The lowest BCUT2D eigenvalue weighted by Crippen LogP contribution is -2.52. The molecule has 3 nitrogen and oxygen atoms in total. The number of Topliss-reactive ketones (excluding diaryl/α,β-unsaturated/α-hetero) is 1. The highest BCUT2D eigenvalue weighted by Gasteiger charge is 2.60. The third-order valence-corrected chi connectivity index (χ3v) is 8.30. The molecule has 4 rings (SSSR count). The van der Waals surface area contributed by atoms with Crippen molar-refractivity contribution in [3.63, 3.8) is 0 Å². The summed E-state index contributed by atoms with van der Waals surface area (Å²) < 4.78 is 0. The van der Waals surface area contributed by atoms with Crippen LogP contribution in [0.3, 0.4) is 0 Å². The number of hydrogen-bond donors (Lipinski definition) is 1. The SMILES string of the molecule is CC(=O)[C@@]1(O)CC[C@H]2[C@@H]3C[C@H](C)C4=CC(=O)CC[C@]4(C)[C@H]3CC[C@@H]21. The minimum atomic E-state index is -1.07. The third kappa shape index (κ3) is 2.06. The second-order valence-corrected chi connectivity index (χ2v) is 9.26. The highest BCUT2D eigenvalue weighted by Crippen LogP contribution is 2.64.